The van der Waals surface area contributed by atoms with Crippen molar-refractivity contribution in [2.75, 3.05) is 13.1 Å². The highest BCUT2D eigenvalue weighted by molar-refractivity contribution is 5.76. The van der Waals surface area contributed by atoms with Crippen LogP contribution in [0.15, 0.2) is 48.5 Å². The molecular formula is C42H60N6O2. The Balaban J connectivity index is 0.686. The van der Waals surface area contributed by atoms with E-state index in [1.54, 1.807) is 22.3 Å². The summed E-state index contributed by atoms with van der Waals surface area (Å²) in [4.78, 5) is 31.3. The first-order valence-electron chi connectivity index (χ1n) is 20.2. The third-order valence-corrected chi connectivity index (χ3v) is 13.9. The lowest BCUT2D eigenvalue weighted by Crippen LogP contribution is -2.55. The van der Waals surface area contributed by atoms with Crippen molar-refractivity contribution < 1.29 is 9.59 Å². The topological polar surface area (TPSA) is 88.7 Å². The largest absolute Gasteiger partial charge is 0.335 e. The Morgan fingerprint density at radius 1 is 0.540 bits per heavy atom. The Morgan fingerprint density at radius 2 is 0.860 bits per heavy atom. The molecule has 2 aromatic carbocycles. The van der Waals surface area contributed by atoms with E-state index in [1.807, 2.05) is 13.8 Å². The van der Waals surface area contributed by atoms with E-state index in [1.165, 1.54) is 77.3 Å². The minimum absolute atomic E-state index is 0.120. The molecule has 2 aliphatic carbocycles. The summed E-state index contributed by atoms with van der Waals surface area (Å²) in [5.41, 5.74) is 6.28. The number of amides is 4. The summed E-state index contributed by atoms with van der Waals surface area (Å²) in [5.74, 6) is 1.50. The maximum absolute atomic E-state index is 12.9. The molecule has 6 atom stereocenters. The Hall–Kier alpha value is -3.10. The second kappa shape index (κ2) is 14.9. The number of hydrogen-bond acceptors (Lipinski definition) is 4. The number of rotatable bonds is 11. The van der Waals surface area contributed by atoms with Gasteiger partial charge in [-0.25, -0.2) is 9.59 Å². The van der Waals surface area contributed by atoms with Gasteiger partial charge in [-0.05, 0) is 151 Å². The van der Waals surface area contributed by atoms with Crippen LogP contribution >= 0.6 is 0 Å². The molecule has 2 saturated carbocycles. The molecule has 270 valence electrons. The van der Waals surface area contributed by atoms with Crippen molar-refractivity contribution in [3.05, 3.63) is 70.8 Å². The molecule has 8 nitrogen and oxygen atoms in total. The standard InChI is InChI=1S/C42H60N6O2/c1-27(43-41(49)45-31-15-11-29(12-16-31)23-25-47-37-19-20-38(47)34-8-4-3-7-33(34)37)28(2)44-42(50)46-32-17-13-30(14-18-32)24-26-48-39-21-22-40(48)36-10-6-5-9-35(36)39/h3-10,27-32,37-40H,11-26H2,1-2H3,(H2,43,45,49)(H2,44,46,50). The highest BCUT2D eigenvalue weighted by atomic mass is 16.2. The fourth-order valence-electron chi connectivity index (χ4n) is 10.9. The van der Waals surface area contributed by atoms with Gasteiger partial charge in [-0.1, -0.05) is 48.5 Å². The van der Waals surface area contributed by atoms with Crippen molar-refractivity contribution in [2.24, 2.45) is 11.8 Å². The van der Waals surface area contributed by atoms with Gasteiger partial charge in [0.15, 0.2) is 0 Å². The van der Waals surface area contributed by atoms with Gasteiger partial charge in [0.1, 0.15) is 0 Å². The normalized spacial score (nSPS) is 32.6. The zero-order valence-corrected chi connectivity index (χ0v) is 30.4. The number of urea groups is 2. The second-order valence-electron chi connectivity index (χ2n) is 16.8. The van der Waals surface area contributed by atoms with Crippen molar-refractivity contribution in [3.8, 4) is 0 Å². The second-order valence-corrected chi connectivity index (χ2v) is 16.8. The zero-order valence-electron chi connectivity index (χ0n) is 30.4. The summed E-state index contributed by atoms with van der Waals surface area (Å²) in [6.07, 6.45) is 16.7. The summed E-state index contributed by atoms with van der Waals surface area (Å²) in [6, 6.07) is 20.5. The molecule has 8 rings (SSSR count). The van der Waals surface area contributed by atoms with E-state index < -0.39 is 0 Å². The first-order valence-corrected chi connectivity index (χ1v) is 20.2. The van der Waals surface area contributed by atoms with E-state index >= 15 is 0 Å². The van der Waals surface area contributed by atoms with Gasteiger partial charge in [-0.15, -0.1) is 0 Å². The molecule has 4 amide bonds. The smallest absolute Gasteiger partial charge is 0.315 e. The Bertz CT molecular complexity index is 1330. The van der Waals surface area contributed by atoms with Gasteiger partial charge in [0.05, 0.1) is 0 Å². The molecular weight excluding hydrogens is 621 g/mol. The lowest BCUT2D eigenvalue weighted by molar-refractivity contribution is 0.184. The van der Waals surface area contributed by atoms with Crippen molar-refractivity contribution >= 4 is 12.1 Å². The van der Waals surface area contributed by atoms with Crippen LogP contribution in [0.25, 0.3) is 0 Å². The molecule has 50 heavy (non-hydrogen) atoms. The molecule has 8 heteroatoms. The minimum atomic E-state index is -0.167. The molecule has 6 aliphatic rings. The van der Waals surface area contributed by atoms with Crippen LogP contribution in [0, 0.1) is 11.8 Å². The summed E-state index contributed by atoms with van der Waals surface area (Å²) >= 11 is 0. The molecule has 4 fully saturated rings. The van der Waals surface area contributed by atoms with Crippen molar-refractivity contribution in [1.29, 1.82) is 0 Å². The van der Waals surface area contributed by atoms with Crippen LogP contribution in [0.1, 0.15) is 150 Å². The fourth-order valence-corrected chi connectivity index (χ4v) is 10.9. The highest BCUT2D eigenvalue weighted by Crippen LogP contribution is 2.54. The van der Waals surface area contributed by atoms with Crippen molar-refractivity contribution in [1.82, 2.24) is 31.1 Å². The predicted octanol–water partition coefficient (Wildman–Crippen LogP) is 8.04. The van der Waals surface area contributed by atoms with Crippen LogP contribution in [-0.2, 0) is 0 Å². The molecule has 0 aromatic heterocycles. The van der Waals surface area contributed by atoms with E-state index in [2.05, 4.69) is 79.6 Å². The maximum Gasteiger partial charge on any atom is 0.315 e. The first-order chi connectivity index (χ1) is 24.4. The molecule has 2 saturated heterocycles. The van der Waals surface area contributed by atoms with Gasteiger partial charge in [-0.3, -0.25) is 9.80 Å². The highest BCUT2D eigenvalue weighted by Gasteiger charge is 2.44. The molecule has 4 N–H and O–H groups in total. The monoisotopic (exact) mass is 680 g/mol. The zero-order chi connectivity index (χ0) is 34.2. The van der Waals surface area contributed by atoms with Crippen LogP contribution in [0.5, 0.6) is 0 Å². The number of nitrogens with zero attached hydrogens (tertiary/aromatic N) is 2. The predicted molar refractivity (Wildman–Crippen MR) is 199 cm³/mol. The number of benzene rings is 2. The van der Waals surface area contributed by atoms with Gasteiger partial charge in [0, 0.05) is 48.3 Å². The Morgan fingerprint density at radius 3 is 1.18 bits per heavy atom. The number of carbonyl (C=O) groups is 2. The number of hydrogen-bond donors (Lipinski definition) is 4. The fraction of sp³-hybridized carbons (Fsp3) is 0.667. The Labute approximate surface area is 299 Å². The maximum atomic E-state index is 12.9. The molecule has 2 aromatic rings. The summed E-state index contributed by atoms with van der Waals surface area (Å²) < 4.78 is 0. The molecule has 4 heterocycles. The van der Waals surface area contributed by atoms with Crippen LogP contribution in [0.4, 0.5) is 9.59 Å². The third-order valence-electron chi connectivity index (χ3n) is 13.9. The number of carbonyl (C=O) groups excluding carboxylic acids is 2. The van der Waals surface area contributed by atoms with Gasteiger partial charge >= 0.3 is 12.1 Å². The molecule has 0 radical (unpaired) electrons. The molecule has 4 bridgehead atoms. The van der Waals surface area contributed by atoms with E-state index in [0.717, 1.165) is 37.5 Å². The van der Waals surface area contributed by atoms with Gasteiger partial charge in [0.2, 0.25) is 0 Å². The van der Waals surface area contributed by atoms with E-state index in [4.69, 9.17) is 0 Å². The lowest BCUT2D eigenvalue weighted by atomic mass is 9.84. The van der Waals surface area contributed by atoms with Gasteiger partial charge < -0.3 is 21.3 Å². The van der Waals surface area contributed by atoms with Crippen LogP contribution < -0.4 is 21.3 Å². The van der Waals surface area contributed by atoms with E-state index in [-0.39, 0.29) is 36.2 Å². The molecule has 0 spiro atoms. The van der Waals surface area contributed by atoms with Crippen LogP contribution in [-0.4, -0.2) is 59.1 Å². The SMILES string of the molecule is CC(NC(=O)NC1CCC(CCN2C3CCC2c2ccccc23)CC1)C(C)NC(=O)NC1CCC(CCN2C3CCC2c2ccccc23)CC1. The molecule has 4 aliphatic heterocycles. The third kappa shape index (κ3) is 7.04. The average molecular weight is 681 g/mol. The summed E-state index contributed by atoms with van der Waals surface area (Å²) in [7, 11) is 0. The summed E-state index contributed by atoms with van der Waals surface area (Å²) in [6.45, 7) is 6.34. The average Bonchev–Trinajstić information content (AvgIpc) is 3.89. The van der Waals surface area contributed by atoms with Gasteiger partial charge in [-0.2, -0.15) is 0 Å². The first kappa shape index (κ1) is 34.0. The van der Waals surface area contributed by atoms with Gasteiger partial charge in [0.25, 0.3) is 0 Å². The summed E-state index contributed by atoms with van der Waals surface area (Å²) in [5, 5.41) is 12.6. The number of nitrogens with one attached hydrogen (secondary N) is 4. The quantitative estimate of drug-likeness (QED) is 0.194. The lowest BCUT2D eigenvalue weighted by Gasteiger charge is -2.32. The Kier molecular flexibility index (Phi) is 10.1. The van der Waals surface area contributed by atoms with Crippen LogP contribution in [0.2, 0.25) is 0 Å². The van der Waals surface area contributed by atoms with E-state index in [0.29, 0.717) is 24.2 Å². The van der Waals surface area contributed by atoms with E-state index in [9.17, 15) is 9.59 Å². The van der Waals surface area contributed by atoms with Crippen molar-refractivity contribution in [3.63, 3.8) is 0 Å². The number of fused-ring (bicyclic) bond motifs is 10. The van der Waals surface area contributed by atoms with Crippen LogP contribution in [0.3, 0.4) is 0 Å². The van der Waals surface area contributed by atoms with Crippen molar-refractivity contribution in [2.45, 2.75) is 152 Å². The minimum Gasteiger partial charge on any atom is -0.335 e. The molecule has 6 unspecified atom stereocenters.